The van der Waals surface area contributed by atoms with Crippen LogP contribution < -0.4 is 5.32 Å². The third-order valence-corrected chi connectivity index (χ3v) is 6.49. The minimum Gasteiger partial charge on any atom is -0.356 e. The first-order valence-corrected chi connectivity index (χ1v) is 10.5. The summed E-state index contributed by atoms with van der Waals surface area (Å²) in [5.74, 6) is 0.468. The monoisotopic (exact) mass is 398 g/mol. The van der Waals surface area contributed by atoms with Crippen molar-refractivity contribution in [2.24, 2.45) is 0 Å². The number of benzene rings is 2. The Bertz CT molecular complexity index is 1040. The molecule has 0 atom stereocenters. The smallest absolute Gasteiger partial charge is 0.224 e. The van der Waals surface area contributed by atoms with E-state index in [0.717, 1.165) is 11.1 Å². The Kier molecular flexibility index (Phi) is 5.94. The van der Waals surface area contributed by atoms with Crippen LogP contribution in [0.25, 0.3) is 11.3 Å². The lowest BCUT2D eigenvalue weighted by Crippen LogP contribution is -2.24. The Morgan fingerprint density at radius 3 is 2.39 bits per heavy atom. The number of nitrogens with one attached hydrogen (secondary N) is 1. The summed E-state index contributed by atoms with van der Waals surface area (Å²) in [4.78, 5) is 12.4. The van der Waals surface area contributed by atoms with Crippen molar-refractivity contribution in [3.05, 3.63) is 71.9 Å². The van der Waals surface area contributed by atoms with Crippen LogP contribution in [-0.4, -0.2) is 24.7 Å². The van der Waals surface area contributed by atoms with E-state index >= 15 is 0 Å². The van der Waals surface area contributed by atoms with Crippen LogP contribution in [0.3, 0.4) is 0 Å². The number of nitrogens with zero attached hydrogens (tertiary/aromatic N) is 1. The van der Waals surface area contributed by atoms with E-state index in [-0.39, 0.29) is 23.8 Å². The summed E-state index contributed by atoms with van der Waals surface area (Å²) in [6.45, 7) is 3.54. The Morgan fingerprint density at radius 1 is 1.07 bits per heavy atom. The predicted octanol–water partition coefficient (Wildman–Crippen LogP) is 3.38. The first-order chi connectivity index (χ1) is 13.4. The lowest BCUT2D eigenvalue weighted by molar-refractivity contribution is -0.120. The van der Waals surface area contributed by atoms with Crippen LogP contribution in [0.5, 0.6) is 0 Å². The molecule has 1 heterocycles. The fourth-order valence-corrected chi connectivity index (χ4v) is 3.70. The number of hydrogen-bond acceptors (Lipinski definition) is 5. The maximum Gasteiger partial charge on any atom is 0.224 e. The van der Waals surface area contributed by atoms with Crippen LogP contribution in [0.2, 0.25) is 0 Å². The van der Waals surface area contributed by atoms with Gasteiger partial charge in [-0.2, -0.15) is 0 Å². The summed E-state index contributed by atoms with van der Waals surface area (Å²) in [7, 11) is -3.31. The zero-order valence-electron chi connectivity index (χ0n) is 15.8. The lowest BCUT2D eigenvalue weighted by atomic mass is 10.1. The fraction of sp³-hybridized carbons (Fsp3) is 0.238. The SMILES string of the molecule is CC(C)S(=O)(=O)c1ccc(CC(=O)NCc2cc(-c3ccccc3)on2)cc1. The molecule has 0 unspecified atom stereocenters. The molecule has 0 aliphatic heterocycles. The average Bonchev–Trinajstić information content (AvgIpc) is 3.16. The van der Waals surface area contributed by atoms with Crippen molar-refractivity contribution in [2.75, 3.05) is 0 Å². The molecule has 6 nitrogen and oxygen atoms in total. The summed E-state index contributed by atoms with van der Waals surface area (Å²) in [5.41, 5.74) is 2.29. The van der Waals surface area contributed by atoms with Crippen LogP contribution in [0.4, 0.5) is 0 Å². The van der Waals surface area contributed by atoms with Gasteiger partial charge < -0.3 is 9.84 Å². The minimum absolute atomic E-state index is 0.158. The molecule has 0 radical (unpaired) electrons. The molecule has 0 bridgehead atoms. The second-order valence-electron chi connectivity index (χ2n) is 6.74. The minimum atomic E-state index is -3.31. The van der Waals surface area contributed by atoms with Gasteiger partial charge >= 0.3 is 0 Å². The Morgan fingerprint density at radius 2 is 1.75 bits per heavy atom. The maximum atomic E-state index is 12.2. The molecule has 0 fully saturated rings. The van der Waals surface area contributed by atoms with E-state index in [4.69, 9.17) is 4.52 Å². The average molecular weight is 398 g/mol. The molecule has 0 spiro atoms. The van der Waals surface area contributed by atoms with E-state index in [0.29, 0.717) is 11.5 Å². The van der Waals surface area contributed by atoms with Gasteiger partial charge in [0.1, 0.15) is 5.69 Å². The number of hydrogen-bond donors (Lipinski definition) is 1. The van der Waals surface area contributed by atoms with E-state index in [9.17, 15) is 13.2 Å². The van der Waals surface area contributed by atoms with Crippen molar-refractivity contribution >= 4 is 15.7 Å². The van der Waals surface area contributed by atoms with Gasteiger partial charge in [-0.25, -0.2) is 8.42 Å². The van der Waals surface area contributed by atoms with Crippen molar-refractivity contribution in [3.8, 4) is 11.3 Å². The largest absolute Gasteiger partial charge is 0.356 e. The second kappa shape index (κ2) is 8.39. The molecule has 28 heavy (non-hydrogen) atoms. The fourth-order valence-electron chi connectivity index (χ4n) is 2.64. The van der Waals surface area contributed by atoms with Crippen molar-refractivity contribution in [2.45, 2.75) is 37.0 Å². The second-order valence-corrected chi connectivity index (χ2v) is 9.24. The van der Waals surface area contributed by atoms with E-state index in [1.54, 1.807) is 44.2 Å². The number of carbonyl (C=O) groups excluding carboxylic acids is 1. The number of rotatable bonds is 7. The molecule has 7 heteroatoms. The highest BCUT2D eigenvalue weighted by atomic mass is 32.2. The molecular formula is C21H22N2O4S. The third-order valence-electron chi connectivity index (χ3n) is 4.32. The van der Waals surface area contributed by atoms with Crippen LogP contribution >= 0.6 is 0 Å². The summed E-state index contributed by atoms with van der Waals surface area (Å²) in [6, 6.07) is 17.8. The molecule has 0 aliphatic carbocycles. The highest BCUT2D eigenvalue weighted by Crippen LogP contribution is 2.20. The number of sulfone groups is 1. The summed E-state index contributed by atoms with van der Waals surface area (Å²) in [6.07, 6.45) is 0.158. The molecule has 2 aromatic carbocycles. The van der Waals surface area contributed by atoms with Gasteiger partial charge in [0.15, 0.2) is 15.6 Å². The van der Waals surface area contributed by atoms with Gasteiger partial charge in [0.05, 0.1) is 23.1 Å². The normalized spacial score (nSPS) is 11.5. The van der Waals surface area contributed by atoms with Gasteiger partial charge in [-0.05, 0) is 31.5 Å². The third kappa shape index (κ3) is 4.67. The van der Waals surface area contributed by atoms with Crippen molar-refractivity contribution in [1.82, 2.24) is 10.5 Å². The van der Waals surface area contributed by atoms with Gasteiger partial charge in [0, 0.05) is 11.6 Å². The first kappa shape index (κ1) is 19.8. The molecule has 0 saturated heterocycles. The molecule has 1 aromatic heterocycles. The first-order valence-electron chi connectivity index (χ1n) is 8.97. The highest BCUT2D eigenvalue weighted by molar-refractivity contribution is 7.92. The van der Waals surface area contributed by atoms with E-state index < -0.39 is 15.1 Å². The topological polar surface area (TPSA) is 89.3 Å². The van der Waals surface area contributed by atoms with E-state index in [1.165, 1.54) is 0 Å². The van der Waals surface area contributed by atoms with E-state index in [2.05, 4.69) is 10.5 Å². The quantitative estimate of drug-likeness (QED) is 0.659. The zero-order chi connectivity index (χ0) is 20.1. The molecule has 3 aromatic rings. The standard InChI is InChI=1S/C21H22N2O4S/c1-15(2)28(25,26)19-10-8-16(9-11-19)12-21(24)22-14-18-13-20(27-23-18)17-6-4-3-5-7-17/h3-11,13,15H,12,14H2,1-2H3,(H,22,24). The molecular weight excluding hydrogens is 376 g/mol. The Hall–Kier alpha value is -2.93. The van der Waals surface area contributed by atoms with Gasteiger partial charge in [0.2, 0.25) is 5.91 Å². The van der Waals surface area contributed by atoms with Gasteiger partial charge in [0.25, 0.3) is 0 Å². The molecule has 1 amide bonds. The van der Waals surface area contributed by atoms with Crippen molar-refractivity contribution in [1.29, 1.82) is 0 Å². The molecule has 146 valence electrons. The van der Waals surface area contributed by atoms with Crippen molar-refractivity contribution < 1.29 is 17.7 Å². The van der Waals surface area contributed by atoms with Crippen LogP contribution in [0.1, 0.15) is 25.1 Å². The number of carbonyl (C=O) groups is 1. The Labute approximate surface area is 164 Å². The number of aromatic nitrogens is 1. The van der Waals surface area contributed by atoms with Gasteiger partial charge in [-0.1, -0.05) is 47.6 Å². The zero-order valence-corrected chi connectivity index (χ0v) is 16.6. The van der Waals surface area contributed by atoms with Crippen molar-refractivity contribution in [3.63, 3.8) is 0 Å². The maximum absolute atomic E-state index is 12.2. The molecule has 3 rings (SSSR count). The van der Waals surface area contributed by atoms with Gasteiger partial charge in [-0.15, -0.1) is 0 Å². The van der Waals surface area contributed by atoms with Gasteiger partial charge in [-0.3, -0.25) is 4.79 Å². The Balaban J connectivity index is 1.56. The highest BCUT2D eigenvalue weighted by Gasteiger charge is 2.18. The van der Waals surface area contributed by atoms with Crippen LogP contribution in [0, 0.1) is 0 Å². The summed E-state index contributed by atoms with van der Waals surface area (Å²) >= 11 is 0. The molecule has 0 aliphatic rings. The summed E-state index contributed by atoms with van der Waals surface area (Å²) < 4.78 is 29.6. The lowest BCUT2D eigenvalue weighted by Gasteiger charge is -2.08. The van der Waals surface area contributed by atoms with E-state index in [1.807, 2.05) is 30.3 Å². The summed E-state index contributed by atoms with van der Waals surface area (Å²) in [5, 5.41) is 6.28. The van der Waals surface area contributed by atoms with Crippen LogP contribution in [-0.2, 0) is 27.6 Å². The number of amides is 1. The predicted molar refractivity (Wildman–Crippen MR) is 106 cm³/mol. The van der Waals surface area contributed by atoms with Crippen LogP contribution in [0.15, 0.2) is 70.1 Å². The molecule has 0 saturated carbocycles. The molecule has 1 N–H and O–H groups in total.